The first-order valence-electron chi connectivity index (χ1n) is 10.1. The number of ketones is 2. The SMILES string of the molecule is CC(C)C(=O)[C@]12CCC[C@](CC(=O)O)(C[C@@H]([Se]c3ccccc3)C1(C)C)C2=O. The minimum absolute atomic E-state index is 0.00512. The van der Waals surface area contributed by atoms with Crippen LogP contribution in [0.3, 0.4) is 0 Å². The van der Waals surface area contributed by atoms with E-state index in [1.807, 2.05) is 32.0 Å². The molecule has 28 heavy (non-hydrogen) atoms. The van der Waals surface area contributed by atoms with Gasteiger partial charge in [0.25, 0.3) is 0 Å². The molecule has 0 amide bonds. The summed E-state index contributed by atoms with van der Waals surface area (Å²) in [7, 11) is 0. The molecular formula is C23H30O4Se. The topological polar surface area (TPSA) is 71.4 Å². The predicted octanol–water partition coefficient (Wildman–Crippen LogP) is 3.66. The van der Waals surface area contributed by atoms with Crippen molar-refractivity contribution in [3.63, 3.8) is 0 Å². The molecule has 2 aliphatic rings. The van der Waals surface area contributed by atoms with Gasteiger partial charge in [0.2, 0.25) is 0 Å². The van der Waals surface area contributed by atoms with Crippen molar-refractivity contribution in [3.05, 3.63) is 30.3 Å². The molecule has 2 bridgehead atoms. The monoisotopic (exact) mass is 450 g/mol. The molecule has 3 rings (SSSR count). The summed E-state index contributed by atoms with van der Waals surface area (Å²) in [6.45, 7) is 7.88. The molecule has 0 aliphatic heterocycles. The molecule has 0 spiro atoms. The first kappa shape index (κ1) is 21.3. The van der Waals surface area contributed by atoms with Crippen molar-refractivity contribution in [2.45, 2.75) is 64.6 Å². The van der Waals surface area contributed by atoms with Gasteiger partial charge in [0.1, 0.15) is 0 Å². The fraction of sp³-hybridized carbons (Fsp3) is 0.609. The molecule has 1 N–H and O–H groups in total. The predicted molar refractivity (Wildman–Crippen MR) is 110 cm³/mol. The molecule has 0 unspecified atom stereocenters. The van der Waals surface area contributed by atoms with Gasteiger partial charge in [0.15, 0.2) is 0 Å². The zero-order valence-corrected chi connectivity index (χ0v) is 18.9. The van der Waals surface area contributed by atoms with Crippen LogP contribution in [0.25, 0.3) is 0 Å². The van der Waals surface area contributed by atoms with Gasteiger partial charge in [-0.15, -0.1) is 0 Å². The van der Waals surface area contributed by atoms with Gasteiger partial charge in [-0.05, 0) is 0 Å². The van der Waals surface area contributed by atoms with Crippen molar-refractivity contribution in [1.82, 2.24) is 0 Å². The fourth-order valence-corrected chi connectivity index (χ4v) is 8.73. The number of carboxylic acid groups (broad SMARTS) is 1. The molecule has 5 heteroatoms. The number of hydrogen-bond acceptors (Lipinski definition) is 3. The number of carbonyl (C=O) groups excluding carboxylic acids is 2. The maximum atomic E-state index is 13.9. The molecule has 0 radical (unpaired) electrons. The van der Waals surface area contributed by atoms with E-state index in [0.29, 0.717) is 19.3 Å². The number of carboxylic acids is 1. The zero-order chi connectivity index (χ0) is 20.7. The van der Waals surface area contributed by atoms with Gasteiger partial charge < -0.3 is 0 Å². The summed E-state index contributed by atoms with van der Waals surface area (Å²) in [5, 5.41) is 9.60. The minimum atomic E-state index is -1.06. The Labute approximate surface area is 173 Å². The Balaban J connectivity index is 2.14. The van der Waals surface area contributed by atoms with Crippen molar-refractivity contribution in [2.24, 2.45) is 22.2 Å². The molecular weight excluding hydrogens is 419 g/mol. The van der Waals surface area contributed by atoms with Gasteiger partial charge in [-0.1, -0.05) is 0 Å². The summed E-state index contributed by atoms with van der Waals surface area (Å²) in [5.41, 5.74) is -2.44. The summed E-state index contributed by atoms with van der Waals surface area (Å²) in [5.74, 6) is -1.26. The van der Waals surface area contributed by atoms with Crippen LogP contribution in [-0.2, 0) is 14.4 Å². The molecule has 152 valence electrons. The molecule has 3 atom stereocenters. The normalized spacial score (nSPS) is 31.6. The number of aliphatic carboxylic acids is 1. The molecule has 4 nitrogen and oxygen atoms in total. The van der Waals surface area contributed by atoms with Gasteiger partial charge in [0.05, 0.1) is 0 Å². The first-order valence-corrected chi connectivity index (χ1v) is 11.9. The second kappa shape index (κ2) is 7.42. The van der Waals surface area contributed by atoms with E-state index in [0.717, 1.165) is 6.42 Å². The first-order chi connectivity index (χ1) is 13.1. The van der Waals surface area contributed by atoms with E-state index in [2.05, 4.69) is 26.0 Å². The maximum absolute atomic E-state index is 13.9. The Bertz CT molecular complexity index is 785. The summed E-state index contributed by atoms with van der Waals surface area (Å²) < 4.78 is 1.23. The van der Waals surface area contributed by atoms with E-state index in [9.17, 15) is 19.5 Å². The molecule has 0 heterocycles. The van der Waals surface area contributed by atoms with Crippen LogP contribution in [-0.4, -0.2) is 37.6 Å². The summed E-state index contributed by atoms with van der Waals surface area (Å²) in [6, 6.07) is 10.2. The van der Waals surface area contributed by atoms with E-state index in [4.69, 9.17) is 0 Å². The van der Waals surface area contributed by atoms with Crippen molar-refractivity contribution in [3.8, 4) is 0 Å². The van der Waals surface area contributed by atoms with Crippen LogP contribution >= 0.6 is 0 Å². The van der Waals surface area contributed by atoms with Crippen LogP contribution in [0.2, 0.25) is 4.82 Å². The second-order valence-corrected chi connectivity index (χ2v) is 12.0. The van der Waals surface area contributed by atoms with Crippen molar-refractivity contribution < 1.29 is 19.5 Å². The number of hydrogen-bond donors (Lipinski definition) is 1. The Morgan fingerprint density at radius 3 is 2.39 bits per heavy atom. The molecule has 2 fully saturated rings. The molecule has 0 aromatic heterocycles. The third-order valence-electron chi connectivity index (χ3n) is 7.01. The van der Waals surface area contributed by atoms with Gasteiger partial charge >= 0.3 is 174 Å². The van der Waals surface area contributed by atoms with Gasteiger partial charge in [-0.25, -0.2) is 0 Å². The number of rotatable bonds is 6. The van der Waals surface area contributed by atoms with Crippen LogP contribution in [0.1, 0.15) is 59.8 Å². The van der Waals surface area contributed by atoms with Crippen molar-refractivity contribution in [1.29, 1.82) is 0 Å². The van der Waals surface area contributed by atoms with Crippen molar-refractivity contribution in [2.75, 3.05) is 0 Å². The van der Waals surface area contributed by atoms with Crippen LogP contribution in [0.4, 0.5) is 0 Å². The molecule has 1 aromatic rings. The average Bonchev–Trinajstić information content (AvgIpc) is 2.62. The Kier molecular flexibility index (Phi) is 5.64. The summed E-state index contributed by atoms with van der Waals surface area (Å²) in [6.07, 6.45) is 2.30. The van der Waals surface area contributed by atoms with E-state index >= 15 is 0 Å². The number of Topliss-reactive ketones (excluding diaryl/α,β-unsaturated/α-hetero) is 2. The molecule has 2 saturated carbocycles. The number of carbonyl (C=O) groups is 3. The van der Waals surface area contributed by atoms with Crippen LogP contribution < -0.4 is 4.46 Å². The third kappa shape index (κ3) is 3.17. The molecule has 0 saturated heterocycles. The van der Waals surface area contributed by atoms with E-state index in [1.54, 1.807) is 0 Å². The standard InChI is InChI=1S/C23H30O4Se/c1-15(2)19(26)23-12-8-11-22(20(23)27,14-18(24)25)13-17(21(23,3)4)28-16-9-6-5-7-10-16/h5-7,9-10,15,17H,8,11-14H2,1-4H3,(H,24,25)/t17-,22-,23+/m1/s1. The van der Waals surface area contributed by atoms with Gasteiger partial charge in [0, 0.05) is 0 Å². The van der Waals surface area contributed by atoms with E-state index in [-0.39, 0.29) is 43.7 Å². The average molecular weight is 449 g/mol. The van der Waals surface area contributed by atoms with E-state index in [1.165, 1.54) is 4.46 Å². The van der Waals surface area contributed by atoms with E-state index < -0.39 is 22.2 Å². The van der Waals surface area contributed by atoms with Gasteiger partial charge in [-0.2, -0.15) is 0 Å². The van der Waals surface area contributed by atoms with Crippen molar-refractivity contribution >= 4 is 37.0 Å². The quantitative estimate of drug-likeness (QED) is 0.532. The van der Waals surface area contributed by atoms with Crippen LogP contribution in [0.5, 0.6) is 0 Å². The fourth-order valence-electron chi connectivity index (χ4n) is 5.49. The second-order valence-electron chi connectivity index (χ2n) is 9.30. The Hall–Kier alpha value is -1.45. The van der Waals surface area contributed by atoms with Gasteiger partial charge in [-0.3, -0.25) is 0 Å². The van der Waals surface area contributed by atoms with Crippen LogP contribution in [0, 0.1) is 22.2 Å². The van der Waals surface area contributed by atoms with Crippen LogP contribution in [0.15, 0.2) is 30.3 Å². The molecule has 1 aromatic carbocycles. The summed E-state index contributed by atoms with van der Waals surface area (Å²) >= 11 is 0.0645. The Morgan fingerprint density at radius 1 is 1.18 bits per heavy atom. The Morgan fingerprint density at radius 2 is 1.82 bits per heavy atom. The third-order valence-corrected chi connectivity index (χ3v) is 10.3. The zero-order valence-electron chi connectivity index (χ0n) is 17.2. The summed E-state index contributed by atoms with van der Waals surface area (Å²) in [4.78, 5) is 39.2. The number of fused-ring (bicyclic) bond motifs is 2. The molecule has 2 aliphatic carbocycles. The number of benzene rings is 1.